The van der Waals surface area contributed by atoms with E-state index in [0.29, 0.717) is 47.4 Å². The Labute approximate surface area is 189 Å². The third-order valence-electron chi connectivity index (χ3n) is 5.19. The van der Waals surface area contributed by atoms with E-state index >= 15 is 0 Å². The summed E-state index contributed by atoms with van der Waals surface area (Å²) in [6.07, 6.45) is 2.46. The van der Waals surface area contributed by atoms with Crippen molar-refractivity contribution < 1.29 is 31.9 Å². The minimum Gasteiger partial charge on any atom is -0.482 e. The molecule has 0 fully saturated rings. The lowest BCUT2D eigenvalue weighted by Crippen LogP contribution is -2.34. The van der Waals surface area contributed by atoms with Gasteiger partial charge < -0.3 is 13.9 Å². The van der Waals surface area contributed by atoms with Crippen LogP contribution in [0.3, 0.4) is 0 Å². The number of anilines is 1. The summed E-state index contributed by atoms with van der Waals surface area (Å²) in [6, 6.07) is 12.5. The molecule has 0 saturated heterocycles. The first-order valence-corrected chi connectivity index (χ1v) is 12.0. The number of aryl methyl sites for hydroxylation is 1. The number of ether oxygens (including phenoxy) is 2. The van der Waals surface area contributed by atoms with E-state index in [0.717, 1.165) is 11.8 Å². The molecule has 1 aliphatic rings. The first kappa shape index (κ1) is 22.5. The Bertz CT molecular complexity index is 1390. The van der Waals surface area contributed by atoms with Gasteiger partial charge in [-0.15, -0.1) is 0 Å². The van der Waals surface area contributed by atoms with Crippen molar-refractivity contribution in [1.82, 2.24) is 0 Å². The van der Waals surface area contributed by atoms with Crippen LogP contribution in [0.4, 0.5) is 5.69 Å². The fourth-order valence-corrected chi connectivity index (χ4v) is 4.62. The van der Waals surface area contributed by atoms with Gasteiger partial charge in [0.15, 0.2) is 19.0 Å². The van der Waals surface area contributed by atoms with Crippen LogP contribution in [0.15, 0.2) is 57.7 Å². The topological polar surface area (TPSA) is 120 Å². The quantitative estimate of drug-likeness (QED) is 0.292. The lowest BCUT2D eigenvalue weighted by atomic mass is 9.99. The van der Waals surface area contributed by atoms with Crippen LogP contribution in [0.5, 0.6) is 5.75 Å². The Hall–Kier alpha value is -3.66. The molecule has 0 saturated carbocycles. The fraction of sp³-hybridized carbons (Fsp3) is 0.261. The van der Waals surface area contributed by atoms with Crippen molar-refractivity contribution in [2.45, 2.75) is 12.8 Å². The standard InChI is InChI=1S/C23H21NO8S/c1-33(28,29)24-10-2-3-16-11-17(5-8-19(16)24)20(25)13-31-23(27)14-30-18-7-4-15-6-9-22(26)32-21(15)12-18/h4-9,11-12H,2-3,10,13-14H2,1H3. The van der Waals surface area contributed by atoms with Crippen LogP contribution in [0.1, 0.15) is 22.3 Å². The van der Waals surface area contributed by atoms with Crippen molar-refractivity contribution in [3.05, 3.63) is 70.1 Å². The predicted octanol–water partition coefficient (Wildman–Crippen LogP) is 2.31. The third kappa shape index (κ3) is 5.23. The van der Waals surface area contributed by atoms with Gasteiger partial charge >= 0.3 is 11.6 Å². The second kappa shape index (κ2) is 9.07. The molecule has 2 aromatic carbocycles. The summed E-state index contributed by atoms with van der Waals surface area (Å²) >= 11 is 0. The average Bonchev–Trinajstić information content (AvgIpc) is 2.79. The highest BCUT2D eigenvalue weighted by Crippen LogP contribution is 2.30. The zero-order valence-electron chi connectivity index (χ0n) is 17.8. The van der Waals surface area contributed by atoms with E-state index in [-0.39, 0.29) is 0 Å². The van der Waals surface area contributed by atoms with Crippen molar-refractivity contribution in [2.75, 3.05) is 30.3 Å². The van der Waals surface area contributed by atoms with Gasteiger partial charge in [0.2, 0.25) is 10.0 Å². The first-order valence-electron chi connectivity index (χ1n) is 10.2. The molecule has 0 spiro atoms. The molecule has 33 heavy (non-hydrogen) atoms. The zero-order chi connectivity index (χ0) is 23.6. The molecule has 2 heterocycles. The van der Waals surface area contributed by atoms with Crippen molar-refractivity contribution in [3.63, 3.8) is 0 Å². The van der Waals surface area contributed by atoms with E-state index in [9.17, 15) is 22.8 Å². The zero-order valence-corrected chi connectivity index (χ0v) is 18.6. The number of carbonyl (C=O) groups is 2. The molecule has 9 nitrogen and oxygen atoms in total. The molecule has 0 radical (unpaired) electrons. The Morgan fingerprint density at radius 2 is 1.85 bits per heavy atom. The van der Waals surface area contributed by atoms with Crippen LogP contribution >= 0.6 is 0 Å². The van der Waals surface area contributed by atoms with Crippen LogP contribution in [-0.4, -0.2) is 46.2 Å². The summed E-state index contributed by atoms with van der Waals surface area (Å²) in [7, 11) is -3.39. The number of benzene rings is 2. The van der Waals surface area contributed by atoms with Crippen LogP contribution in [0, 0.1) is 0 Å². The SMILES string of the molecule is CS(=O)(=O)N1CCCc2cc(C(=O)COC(=O)COc3ccc4ccc(=O)oc4c3)ccc21. The second-order valence-electron chi connectivity index (χ2n) is 7.61. The van der Waals surface area contributed by atoms with Crippen LogP contribution in [0.2, 0.25) is 0 Å². The highest BCUT2D eigenvalue weighted by molar-refractivity contribution is 7.92. The molecule has 1 aliphatic heterocycles. The maximum absolute atomic E-state index is 12.5. The summed E-state index contributed by atoms with van der Waals surface area (Å²) in [5.41, 5.74) is 1.49. The molecule has 0 unspecified atom stereocenters. The molecule has 0 atom stereocenters. The Kier molecular flexibility index (Phi) is 6.19. The number of fused-ring (bicyclic) bond motifs is 2. The minimum absolute atomic E-state index is 0.310. The lowest BCUT2D eigenvalue weighted by Gasteiger charge is -2.29. The molecule has 1 aromatic heterocycles. The number of nitrogens with zero attached hydrogens (tertiary/aromatic N) is 1. The van der Waals surface area contributed by atoms with Crippen LogP contribution in [0.25, 0.3) is 11.0 Å². The monoisotopic (exact) mass is 471 g/mol. The molecule has 0 aliphatic carbocycles. The van der Waals surface area contributed by atoms with Crippen LogP contribution in [-0.2, 0) is 26.0 Å². The van der Waals surface area contributed by atoms with Gasteiger partial charge in [0.1, 0.15) is 11.3 Å². The van der Waals surface area contributed by atoms with Gasteiger partial charge in [0, 0.05) is 29.6 Å². The Morgan fingerprint density at radius 1 is 1.06 bits per heavy atom. The van der Waals surface area contributed by atoms with E-state index in [2.05, 4.69) is 0 Å². The van der Waals surface area contributed by atoms with Crippen molar-refractivity contribution in [2.24, 2.45) is 0 Å². The molecule has 4 rings (SSSR count). The highest BCUT2D eigenvalue weighted by Gasteiger charge is 2.24. The molecule has 172 valence electrons. The van der Waals surface area contributed by atoms with Crippen molar-refractivity contribution >= 4 is 38.4 Å². The van der Waals surface area contributed by atoms with E-state index in [1.165, 1.54) is 22.5 Å². The molecular weight excluding hydrogens is 450 g/mol. The molecule has 0 N–H and O–H groups in total. The summed E-state index contributed by atoms with van der Waals surface area (Å²) in [5.74, 6) is -0.834. The second-order valence-corrected chi connectivity index (χ2v) is 9.52. The highest BCUT2D eigenvalue weighted by atomic mass is 32.2. The maximum atomic E-state index is 12.5. The molecular formula is C23H21NO8S. The van der Waals surface area contributed by atoms with Crippen molar-refractivity contribution in [3.8, 4) is 5.75 Å². The normalized spacial score (nSPS) is 13.4. The molecule has 10 heteroatoms. The van der Waals surface area contributed by atoms with Gasteiger partial charge in [-0.25, -0.2) is 18.0 Å². The Balaban J connectivity index is 1.34. The summed E-state index contributed by atoms with van der Waals surface area (Å²) in [6.45, 7) is -0.493. The number of esters is 1. The number of sulfonamides is 1. The van der Waals surface area contributed by atoms with Crippen molar-refractivity contribution in [1.29, 1.82) is 0 Å². The van der Waals surface area contributed by atoms with Gasteiger partial charge in [-0.05, 0) is 54.8 Å². The number of hydrogen-bond donors (Lipinski definition) is 0. The average molecular weight is 471 g/mol. The van der Waals surface area contributed by atoms with Gasteiger partial charge in [-0.2, -0.15) is 0 Å². The number of hydrogen-bond acceptors (Lipinski definition) is 8. The van der Waals surface area contributed by atoms with Gasteiger partial charge in [0.25, 0.3) is 0 Å². The van der Waals surface area contributed by atoms with Crippen LogP contribution < -0.4 is 14.7 Å². The smallest absolute Gasteiger partial charge is 0.344 e. The first-order chi connectivity index (χ1) is 15.7. The summed E-state index contributed by atoms with van der Waals surface area (Å²) in [5, 5.41) is 0.708. The summed E-state index contributed by atoms with van der Waals surface area (Å²) in [4.78, 5) is 35.8. The molecule has 0 amide bonds. The number of rotatable bonds is 7. The van der Waals surface area contributed by atoms with Gasteiger partial charge in [0.05, 0.1) is 11.9 Å². The maximum Gasteiger partial charge on any atom is 0.344 e. The lowest BCUT2D eigenvalue weighted by molar-refractivity contribution is -0.144. The minimum atomic E-state index is -3.39. The molecule has 3 aromatic rings. The van der Waals surface area contributed by atoms with E-state index in [1.54, 1.807) is 30.3 Å². The third-order valence-corrected chi connectivity index (χ3v) is 6.37. The molecule has 0 bridgehead atoms. The Morgan fingerprint density at radius 3 is 2.64 bits per heavy atom. The largest absolute Gasteiger partial charge is 0.482 e. The number of carbonyl (C=O) groups excluding carboxylic acids is 2. The van der Waals surface area contributed by atoms with Gasteiger partial charge in [-0.1, -0.05) is 0 Å². The predicted molar refractivity (Wildman–Crippen MR) is 120 cm³/mol. The van der Waals surface area contributed by atoms with E-state index < -0.39 is 40.6 Å². The fourth-order valence-electron chi connectivity index (χ4n) is 3.62. The van der Waals surface area contributed by atoms with Gasteiger partial charge in [-0.3, -0.25) is 9.10 Å². The number of Topliss-reactive ketones (excluding diaryl/α,β-unsaturated/α-hetero) is 1. The van der Waals surface area contributed by atoms with E-state index in [1.807, 2.05) is 0 Å². The number of ketones is 1. The van der Waals surface area contributed by atoms with E-state index in [4.69, 9.17) is 13.9 Å². The summed E-state index contributed by atoms with van der Waals surface area (Å²) < 4.78 is 40.7.